The molecule has 26 heavy (non-hydrogen) atoms. The third kappa shape index (κ3) is 4.09. The van der Waals surface area contributed by atoms with Crippen molar-refractivity contribution in [2.75, 3.05) is 20.2 Å². The number of methoxy groups -OCH3 is 1. The van der Waals surface area contributed by atoms with Crippen molar-refractivity contribution in [2.45, 2.75) is 78.1 Å². The molecule has 0 saturated heterocycles. The molecule has 0 aromatic heterocycles. The predicted molar refractivity (Wildman–Crippen MR) is 103 cm³/mol. The fraction of sp³-hybridized carbons (Fsp3) is 0.909. The van der Waals surface area contributed by atoms with Gasteiger partial charge >= 0.3 is 5.97 Å². The van der Waals surface area contributed by atoms with Gasteiger partial charge in [0.15, 0.2) is 0 Å². The van der Waals surface area contributed by atoms with Gasteiger partial charge in [0.05, 0.1) is 18.4 Å². The van der Waals surface area contributed by atoms with Gasteiger partial charge in [0.25, 0.3) is 0 Å². The molecule has 0 aromatic carbocycles. The van der Waals surface area contributed by atoms with Gasteiger partial charge in [-0.25, -0.2) is 0 Å². The van der Waals surface area contributed by atoms with Gasteiger partial charge in [-0.1, -0.05) is 33.1 Å². The molecule has 0 radical (unpaired) electrons. The molecule has 0 aromatic rings. The lowest BCUT2D eigenvalue weighted by Crippen LogP contribution is -2.55. The minimum absolute atomic E-state index is 0.116. The van der Waals surface area contributed by atoms with E-state index in [1.165, 1.54) is 39.2 Å². The lowest BCUT2D eigenvalue weighted by molar-refractivity contribution is -0.159. The third-order valence-electron chi connectivity index (χ3n) is 7.16. The van der Waals surface area contributed by atoms with Crippen LogP contribution in [0.2, 0.25) is 0 Å². The summed E-state index contributed by atoms with van der Waals surface area (Å²) in [5.74, 6) is 2.20. The Morgan fingerprint density at radius 2 is 1.62 bits per heavy atom. The van der Waals surface area contributed by atoms with E-state index in [0.717, 1.165) is 56.4 Å². The first-order valence-corrected chi connectivity index (χ1v) is 10.8. The molecule has 0 N–H and O–H groups in total. The standard InChI is InChI=1S/C22H37NO3/c1-4-5-6-7-8-23(15-16(2)20(24)26-3)21(25)22-12-17-9-18(13-22)11-19(10-17)14-22/h16-19H,4-15H2,1-3H3. The molecule has 148 valence electrons. The summed E-state index contributed by atoms with van der Waals surface area (Å²) in [6.45, 7) is 5.40. The number of carbonyl (C=O) groups is 2. The van der Waals surface area contributed by atoms with Crippen molar-refractivity contribution in [3.8, 4) is 0 Å². The largest absolute Gasteiger partial charge is 0.469 e. The molecule has 4 saturated carbocycles. The Hall–Kier alpha value is -1.06. The topological polar surface area (TPSA) is 46.6 Å². The summed E-state index contributed by atoms with van der Waals surface area (Å²) in [6.07, 6.45) is 11.9. The van der Waals surface area contributed by atoms with Crippen LogP contribution >= 0.6 is 0 Å². The maximum Gasteiger partial charge on any atom is 0.310 e. The zero-order chi connectivity index (χ0) is 18.7. The molecule has 1 amide bonds. The molecule has 0 heterocycles. The number of rotatable bonds is 9. The fourth-order valence-corrected chi connectivity index (χ4v) is 6.32. The number of hydrogen-bond acceptors (Lipinski definition) is 3. The number of esters is 1. The second kappa shape index (κ2) is 8.31. The van der Waals surface area contributed by atoms with Gasteiger partial charge in [-0.3, -0.25) is 9.59 Å². The first-order chi connectivity index (χ1) is 12.5. The second-order valence-electron chi connectivity index (χ2n) is 9.43. The van der Waals surface area contributed by atoms with E-state index in [4.69, 9.17) is 4.74 Å². The minimum Gasteiger partial charge on any atom is -0.469 e. The summed E-state index contributed by atoms with van der Waals surface area (Å²) in [5, 5.41) is 0. The predicted octanol–water partition coefficient (Wildman–Crippen LogP) is 4.42. The molecule has 4 heteroatoms. The van der Waals surface area contributed by atoms with Gasteiger partial charge in [-0.05, 0) is 62.7 Å². The van der Waals surface area contributed by atoms with Crippen molar-refractivity contribution < 1.29 is 14.3 Å². The zero-order valence-corrected chi connectivity index (χ0v) is 17.0. The highest BCUT2D eigenvalue weighted by molar-refractivity contribution is 5.84. The summed E-state index contributed by atoms with van der Waals surface area (Å²) in [4.78, 5) is 27.6. The van der Waals surface area contributed by atoms with Crippen LogP contribution in [0.15, 0.2) is 0 Å². The molecular formula is C22H37NO3. The lowest BCUT2D eigenvalue weighted by atomic mass is 9.49. The van der Waals surface area contributed by atoms with Crippen molar-refractivity contribution in [3.63, 3.8) is 0 Å². The van der Waals surface area contributed by atoms with E-state index in [9.17, 15) is 9.59 Å². The molecule has 4 fully saturated rings. The molecule has 4 aliphatic rings. The van der Waals surface area contributed by atoms with E-state index < -0.39 is 0 Å². The Morgan fingerprint density at radius 1 is 1.04 bits per heavy atom. The van der Waals surface area contributed by atoms with Crippen LogP contribution in [-0.2, 0) is 14.3 Å². The van der Waals surface area contributed by atoms with E-state index in [2.05, 4.69) is 6.92 Å². The van der Waals surface area contributed by atoms with Gasteiger partial charge in [-0.15, -0.1) is 0 Å². The molecule has 0 aliphatic heterocycles. The average molecular weight is 364 g/mol. The SMILES string of the molecule is CCCCCCN(CC(C)C(=O)OC)C(=O)C12CC3CC(CC(C3)C1)C2. The maximum atomic E-state index is 13.7. The molecule has 1 atom stereocenters. The van der Waals surface area contributed by atoms with E-state index >= 15 is 0 Å². The van der Waals surface area contributed by atoms with E-state index in [1.807, 2.05) is 11.8 Å². The number of hydrogen-bond donors (Lipinski definition) is 0. The van der Waals surface area contributed by atoms with Crippen LogP contribution in [0, 0.1) is 29.1 Å². The highest BCUT2D eigenvalue weighted by Gasteiger charge is 2.55. The Morgan fingerprint density at radius 3 is 2.12 bits per heavy atom. The van der Waals surface area contributed by atoms with Crippen LogP contribution in [-0.4, -0.2) is 37.0 Å². The third-order valence-corrected chi connectivity index (χ3v) is 7.16. The van der Waals surface area contributed by atoms with Crippen LogP contribution in [0.3, 0.4) is 0 Å². The molecule has 1 unspecified atom stereocenters. The van der Waals surface area contributed by atoms with Gasteiger partial charge in [-0.2, -0.15) is 0 Å². The highest BCUT2D eigenvalue weighted by atomic mass is 16.5. The van der Waals surface area contributed by atoms with Gasteiger partial charge < -0.3 is 9.64 Å². The quantitative estimate of drug-likeness (QED) is 0.450. The minimum atomic E-state index is -0.246. The molecule has 0 spiro atoms. The van der Waals surface area contributed by atoms with Crippen molar-refractivity contribution in [2.24, 2.45) is 29.1 Å². The van der Waals surface area contributed by atoms with Crippen LogP contribution in [0.4, 0.5) is 0 Å². The fourth-order valence-electron chi connectivity index (χ4n) is 6.32. The molecule has 4 bridgehead atoms. The zero-order valence-electron chi connectivity index (χ0n) is 17.0. The highest BCUT2D eigenvalue weighted by Crippen LogP contribution is 2.60. The first kappa shape index (κ1) is 19.7. The second-order valence-corrected chi connectivity index (χ2v) is 9.43. The molecule has 4 aliphatic carbocycles. The molecular weight excluding hydrogens is 326 g/mol. The van der Waals surface area contributed by atoms with Crippen LogP contribution in [0.1, 0.15) is 78.1 Å². The maximum absolute atomic E-state index is 13.7. The van der Waals surface area contributed by atoms with E-state index in [1.54, 1.807) is 0 Å². The van der Waals surface area contributed by atoms with Crippen LogP contribution in [0.25, 0.3) is 0 Å². The van der Waals surface area contributed by atoms with Crippen molar-refractivity contribution in [1.82, 2.24) is 4.90 Å². The number of ether oxygens (including phenoxy) is 1. The monoisotopic (exact) mass is 363 g/mol. The van der Waals surface area contributed by atoms with Crippen molar-refractivity contribution in [3.05, 3.63) is 0 Å². The van der Waals surface area contributed by atoms with Crippen molar-refractivity contribution in [1.29, 1.82) is 0 Å². The molecule has 4 nitrogen and oxygen atoms in total. The Balaban J connectivity index is 1.70. The summed E-state index contributed by atoms with van der Waals surface area (Å²) in [5.41, 5.74) is -0.116. The molecule has 4 rings (SSSR count). The van der Waals surface area contributed by atoms with Crippen LogP contribution < -0.4 is 0 Å². The summed E-state index contributed by atoms with van der Waals surface area (Å²) in [7, 11) is 1.44. The Kier molecular flexibility index (Phi) is 6.29. The van der Waals surface area contributed by atoms with Crippen molar-refractivity contribution >= 4 is 11.9 Å². The van der Waals surface area contributed by atoms with E-state index in [-0.39, 0.29) is 17.3 Å². The number of amides is 1. The van der Waals surface area contributed by atoms with Gasteiger partial charge in [0, 0.05) is 13.1 Å². The van der Waals surface area contributed by atoms with Gasteiger partial charge in [0.1, 0.15) is 0 Å². The van der Waals surface area contributed by atoms with E-state index in [0.29, 0.717) is 12.5 Å². The normalized spacial score (nSPS) is 33.1. The number of carbonyl (C=O) groups excluding carboxylic acids is 2. The Labute approximate surface area is 159 Å². The van der Waals surface area contributed by atoms with Crippen LogP contribution in [0.5, 0.6) is 0 Å². The average Bonchev–Trinajstić information content (AvgIpc) is 2.61. The first-order valence-electron chi connectivity index (χ1n) is 10.8. The van der Waals surface area contributed by atoms with Gasteiger partial charge in [0.2, 0.25) is 5.91 Å². The Bertz CT molecular complexity index is 480. The summed E-state index contributed by atoms with van der Waals surface area (Å²) < 4.78 is 4.91. The smallest absolute Gasteiger partial charge is 0.310 e. The lowest BCUT2D eigenvalue weighted by Gasteiger charge is -2.56. The summed E-state index contributed by atoms with van der Waals surface area (Å²) >= 11 is 0. The number of nitrogens with zero attached hydrogens (tertiary/aromatic N) is 1. The summed E-state index contributed by atoms with van der Waals surface area (Å²) in [6, 6.07) is 0. The number of unbranched alkanes of at least 4 members (excludes halogenated alkanes) is 3.